The third kappa shape index (κ3) is 3.18. The van der Waals surface area contributed by atoms with Gasteiger partial charge in [0.05, 0.1) is 5.52 Å². The summed E-state index contributed by atoms with van der Waals surface area (Å²) in [6, 6.07) is 9.33. The Morgan fingerprint density at radius 1 is 1.28 bits per heavy atom. The summed E-state index contributed by atoms with van der Waals surface area (Å²) >= 11 is 0. The zero-order valence-corrected chi connectivity index (χ0v) is 15.4. The van der Waals surface area contributed by atoms with Gasteiger partial charge in [0.25, 0.3) is 0 Å². The fourth-order valence-electron chi connectivity index (χ4n) is 4.50. The summed E-state index contributed by atoms with van der Waals surface area (Å²) in [4.78, 5) is 7.01. The third-order valence-corrected chi connectivity index (χ3v) is 7.39. The standard InChI is InChI=1S/C19H25N3O2S/c1-2-14-13-22-10-8-16(14)11-17(22)12-21-25(23,24)18-7-3-5-15-6-4-9-20-19(15)18/h3-7,9,14,16-17,21H,2,8,10-13H2,1H3/t14-,16-,17+/m0/s1. The highest BCUT2D eigenvalue weighted by Gasteiger charge is 2.39. The lowest BCUT2D eigenvalue weighted by atomic mass is 9.74. The molecule has 6 heteroatoms. The van der Waals surface area contributed by atoms with Crippen LogP contribution in [0.3, 0.4) is 0 Å². The second-order valence-electron chi connectivity index (χ2n) is 7.28. The van der Waals surface area contributed by atoms with Crippen LogP contribution in [-0.4, -0.2) is 44.0 Å². The molecule has 0 amide bonds. The third-order valence-electron chi connectivity index (χ3n) is 5.93. The summed E-state index contributed by atoms with van der Waals surface area (Å²) in [5, 5.41) is 0.844. The minimum Gasteiger partial charge on any atom is -0.299 e. The Labute approximate surface area is 149 Å². The molecule has 134 valence electrons. The Kier molecular flexibility index (Phi) is 4.52. The van der Waals surface area contributed by atoms with Crippen LogP contribution in [0.15, 0.2) is 41.4 Å². The average molecular weight is 359 g/mol. The molecule has 4 heterocycles. The molecule has 1 unspecified atom stereocenters. The molecule has 1 aromatic carbocycles. The highest BCUT2D eigenvalue weighted by atomic mass is 32.2. The monoisotopic (exact) mass is 359 g/mol. The molecule has 1 aromatic heterocycles. The van der Waals surface area contributed by atoms with Gasteiger partial charge in [0, 0.05) is 30.7 Å². The van der Waals surface area contributed by atoms with Gasteiger partial charge in [-0.05, 0) is 43.4 Å². The molecule has 3 aliphatic rings. The molecule has 25 heavy (non-hydrogen) atoms. The van der Waals surface area contributed by atoms with Crippen molar-refractivity contribution in [2.45, 2.75) is 37.1 Å². The average Bonchev–Trinajstić information content (AvgIpc) is 2.66. The number of fused-ring (bicyclic) bond motifs is 4. The maximum atomic E-state index is 12.8. The molecular weight excluding hydrogens is 334 g/mol. The zero-order chi connectivity index (χ0) is 17.4. The number of rotatable bonds is 5. The lowest BCUT2D eigenvalue weighted by Gasteiger charge is -2.49. The van der Waals surface area contributed by atoms with E-state index in [1.165, 1.54) is 12.8 Å². The molecule has 5 rings (SSSR count). The minimum absolute atomic E-state index is 0.271. The lowest BCUT2D eigenvalue weighted by molar-refractivity contribution is 0.00237. The normalized spacial score (nSPS) is 29.2. The van der Waals surface area contributed by atoms with Crippen LogP contribution >= 0.6 is 0 Å². The highest BCUT2D eigenvalue weighted by Crippen LogP contribution is 2.37. The van der Waals surface area contributed by atoms with E-state index in [0.29, 0.717) is 18.1 Å². The fourth-order valence-corrected chi connectivity index (χ4v) is 5.75. The highest BCUT2D eigenvalue weighted by molar-refractivity contribution is 7.89. The fraction of sp³-hybridized carbons (Fsp3) is 0.526. The molecule has 2 bridgehead atoms. The Bertz CT molecular complexity index is 863. The second-order valence-corrected chi connectivity index (χ2v) is 9.02. The van der Waals surface area contributed by atoms with E-state index in [2.05, 4.69) is 21.5 Å². The summed E-state index contributed by atoms with van der Waals surface area (Å²) in [5.74, 6) is 1.53. The van der Waals surface area contributed by atoms with Crippen LogP contribution in [0.4, 0.5) is 0 Å². The smallest absolute Gasteiger partial charge is 0.242 e. The zero-order valence-electron chi connectivity index (χ0n) is 14.6. The van der Waals surface area contributed by atoms with E-state index in [0.717, 1.165) is 36.7 Å². The van der Waals surface area contributed by atoms with Crippen LogP contribution in [-0.2, 0) is 10.0 Å². The number of benzene rings is 1. The second kappa shape index (κ2) is 6.67. The van der Waals surface area contributed by atoms with Crippen molar-refractivity contribution in [3.8, 4) is 0 Å². The summed E-state index contributed by atoms with van der Waals surface area (Å²) in [6.07, 6.45) is 5.23. The molecule has 0 radical (unpaired) electrons. The molecule has 3 aliphatic heterocycles. The van der Waals surface area contributed by atoms with E-state index >= 15 is 0 Å². The largest absolute Gasteiger partial charge is 0.299 e. The van der Waals surface area contributed by atoms with Gasteiger partial charge < -0.3 is 0 Å². The van der Waals surface area contributed by atoms with Gasteiger partial charge in [-0.25, -0.2) is 13.1 Å². The van der Waals surface area contributed by atoms with Gasteiger partial charge in [0.15, 0.2) is 0 Å². The number of nitrogens with one attached hydrogen (secondary N) is 1. The predicted octanol–water partition coefficient (Wildman–Crippen LogP) is 2.63. The Hall–Kier alpha value is -1.50. The molecule has 0 spiro atoms. The van der Waals surface area contributed by atoms with Crippen molar-refractivity contribution < 1.29 is 8.42 Å². The summed E-state index contributed by atoms with van der Waals surface area (Å²) in [6.45, 7) is 4.96. The molecule has 3 fully saturated rings. The Balaban J connectivity index is 1.51. The first-order chi connectivity index (χ1) is 12.1. The Morgan fingerprint density at radius 3 is 2.88 bits per heavy atom. The topological polar surface area (TPSA) is 62.3 Å². The van der Waals surface area contributed by atoms with E-state index < -0.39 is 10.0 Å². The lowest BCUT2D eigenvalue weighted by Crippen LogP contribution is -2.56. The molecule has 4 atom stereocenters. The number of sulfonamides is 1. The number of piperidine rings is 3. The van der Waals surface area contributed by atoms with Crippen molar-refractivity contribution >= 4 is 20.9 Å². The van der Waals surface area contributed by atoms with Gasteiger partial charge >= 0.3 is 0 Å². The van der Waals surface area contributed by atoms with Gasteiger partial charge in [-0.15, -0.1) is 0 Å². The summed E-state index contributed by atoms with van der Waals surface area (Å²) in [5.41, 5.74) is 0.536. The van der Waals surface area contributed by atoms with Crippen LogP contribution in [0.2, 0.25) is 0 Å². The quantitative estimate of drug-likeness (QED) is 0.891. The number of hydrogen-bond acceptors (Lipinski definition) is 4. The Morgan fingerprint density at radius 2 is 2.12 bits per heavy atom. The maximum Gasteiger partial charge on any atom is 0.242 e. The van der Waals surface area contributed by atoms with Crippen molar-refractivity contribution in [3.05, 3.63) is 36.5 Å². The first-order valence-corrected chi connectivity index (χ1v) is 10.6. The molecule has 0 aliphatic carbocycles. The number of aromatic nitrogens is 1. The van der Waals surface area contributed by atoms with E-state index in [1.807, 2.05) is 18.2 Å². The first-order valence-electron chi connectivity index (χ1n) is 9.16. The van der Waals surface area contributed by atoms with E-state index in [4.69, 9.17) is 0 Å². The number of nitrogens with zero attached hydrogens (tertiary/aromatic N) is 2. The first kappa shape index (κ1) is 16.9. The van der Waals surface area contributed by atoms with Crippen molar-refractivity contribution in [2.24, 2.45) is 11.8 Å². The molecule has 3 saturated heterocycles. The van der Waals surface area contributed by atoms with Crippen LogP contribution < -0.4 is 4.72 Å². The van der Waals surface area contributed by atoms with Crippen LogP contribution in [0.5, 0.6) is 0 Å². The number of para-hydroxylation sites is 1. The predicted molar refractivity (Wildman–Crippen MR) is 98.8 cm³/mol. The van der Waals surface area contributed by atoms with Crippen molar-refractivity contribution in [2.75, 3.05) is 19.6 Å². The van der Waals surface area contributed by atoms with Gasteiger partial charge in [-0.2, -0.15) is 0 Å². The van der Waals surface area contributed by atoms with Crippen molar-refractivity contribution in [1.82, 2.24) is 14.6 Å². The SMILES string of the molecule is CC[C@H]1CN2CC[C@H]1C[C@@H]2CNS(=O)(=O)c1cccc2cccnc12. The van der Waals surface area contributed by atoms with Gasteiger partial charge in [0.1, 0.15) is 4.90 Å². The van der Waals surface area contributed by atoms with Crippen molar-refractivity contribution in [3.63, 3.8) is 0 Å². The van der Waals surface area contributed by atoms with Crippen molar-refractivity contribution in [1.29, 1.82) is 0 Å². The summed E-state index contributed by atoms with van der Waals surface area (Å²) < 4.78 is 28.5. The molecular formula is C19H25N3O2S. The van der Waals surface area contributed by atoms with Crippen LogP contribution in [0.25, 0.3) is 10.9 Å². The molecule has 5 nitrogen and oxygen atoms in total. The molecule has 1 N–H and O–H groups in total. The minimum atomic E-state index is -3.56. The molecule has 2 aromatic rings. The van der Waals surface area contributed by atoms with E-state index in [-0.39, 0.29) is 4.90 Å². The van der Waals surface area contributed by atoms with Crippen LogP contribution in [0.1, 0.15) is 26.2 Å². The van der Waals surface area contributed by atoms with Gasteiger partial charge in [-0.1, -0.05) is 31.5 Å². The molecule has 0 saturated carbocycles. The van der Waals surface area contributed by atoms with E-state index in [9.17, 15) is 8.42 Å². The van der Waals surface area contributed by atoms with Gasteiger partial charge in [0.2, 0.25) is 10.0 Å². The maximum absolute atomic E-state index is 12.8. The van der Waals surface area contributed by atoms with Crippen LogP contribution in [0, 0.1) is 11.8 Å². The van der Waals surface area contributed by atoms with Gasteiger partial charge in [-0.3, -0.25) is 9.88 Å². The van der Waals surface area contributed by atoms with E-state index in [1.54, 1.807) is 18.3 Å². The number of pyridine rings is 1. The number of hydrogen-bond donors (Lipinski definition) is 1. The summed E-state index contributed by atoms with van der Waals surface area (Å²) in [7, 11) is -3.56.